The summed E-state index contributed by atoms with van der Waals surface area (Å²) in [6.07, 6.45) is 6.81. The van der Waals surface area contributed by atoms with Crippen molar-refractivity contribution in [2.75, 3.05) is 13.2 Å². The first-order valence-electron chi connectivity index (χ1n) is 10.8. The van der Waals surface area contributed by atoms with E-state index in [2.05, 4.69) is 5.32 Å². The number of amides is 1. The number of nitrogens with one attached hydrogen (secondary N) is 1. The minimum atomic E-state index is -3.19. The van der Waals surface area contributed by atoms with Gasteiger partial charge in [-0.2, -0.15) is 8.78 Å². The number of para-hydroxylation sites is 1. The van der Waals surface area contributed by atoms with Crippen LogP contribution in [0.15, 0.2) is 54.6 Å². The number of hydrogen-bond acceptors (Lipinski definition) is 4. The van der Waals surface area contributed by atoms with Crippen molar-refractivity contribution in [3.8, 4) is 5.75 Å². The Kier molecular flexibility index (Phi) is 10.1. The van der Waals surface area contributed by atoms with E-state index in [9.17, 15) is 23.8 Å². The molecule has 7 heteroatoms. The molecule has 1 aromatic carbocycles. The number of hydrogen-bond donors (Lipinski definition) is 3. The molecule has 1 fully saturated rings. The van der Waals surface area contributed by atoms with Gasteiger partial charge in [0.05, 0.1) is 12.2 Å². The Balaban J connectivity index is 1.84. The van der Waals surface area contributed by atoms with Crippen molar-refractivity contribution in [1.82, 2.24) is 5.32 Å². The van der Waals surface area contributed by atoms with Crippen LogP contribution in [0.2, 0.25) is 0 Å². The molecule has 5 nitrogen and oxygen atoms in total. The normalized spacial score (nSPS) is 24.2. The standard InChI is InChI=1S/C24H33F2NO4/c1-2-27-23(30)13-9-4-3-8-12-19-20(22(29)16-21(19)28)14-15-24(25,26)17-31-18-10-6-5-7-11-18/h3,5-8,10-11,14-15,19-22,28-29H,2,4,9,12-13,16-17H2,1H3,(H,27,30)/t19-,20-,21+,22-/m1/s1. The Morgan fingerprint density at radius 3 is 2.68 bits per heavy atom. The highest BCUT2D eigenvalue weighted by Crippen LogP contribution is 2.37. The number of unbranched alkanes of at least 4 members (excludes halogenated alkanes) is 1. The summed E-state index contributed by atoms with van der Waals surface area (Å²) in [6.45, 7) is 1.69. The van der Waals surface area contributed by atoms with Crippen molar-refractivity contribution in [3.63, 3.8) is 0 Å². The molecule has 1 amide bonds. The van der Waals surface area contributed by atoms with Gasteiger partial charge in [-0.05, 0) is 50.3 Å². The van der Waals surface area contributed by atoms with E-state index in [4.69, 9.17) is 4.74 Å². The van der Waals surface area contributed by atoms with Crippen molar-refractivity contribution in [2.24, 2.45) is 11.8 Å². The van der Waals surface area contributed by atoms with Gasteiger partial charge in [-0.1, -0.05) is 36.4 Å². The molecule has 0 aromatic heterocycles. The topological polar surface area (TPSA) is 78.8 Å². The molecule has 0 saturated heterocycles. The number of halogens is 2. The van der Waals surface area contributed by atoms with Gasteiger partial charge in [0.25, 0.3) is 5.92 Å². The molecule has 31 heavy (non-hydrogen) atoms. The first-order valence-corrected chi connectivity index (χ1v) is 10.8. The highest BCUT2D eigenvalue weighted by atomic mass is 19.3. The van der Waals surface area contributed by atoms with Crippen LogP contribution in [0.25, 0.3) is 0 Å². The van der Waals surface area contributed by atoms with Crippen molar-refractivity contribution >= 4 is 5.91 Å². The third-order valence-electron chi connectivity index (χ3n) is 5.38. The van der Waals surface area contributed by atoms with Gasteiger partial charge in [-0.3, -0.25) is 4.79 Å². The summed E-state index contributed by atoms with van der Waals surface area (Å²) in [5.41, 5.74) is 0. The van der Waals surface area contributed by atoms with E-state index in [0.29, 0.717) is 25.1 Å². The van der Waals surface area contributed by atoms with E-state index in [0.717, 1.165) is 18.9 Å². The van der Waals surface area contributed by atoms with Crippen molar-refractivity contribution < 1.29 is 28.5 Å². The van der Waals surface area contributed by atoms with E-state index in [1.165, 1.54) is 6.08 Å². The lowest BCUT2D eigenvalue weighted by atomic mass is 9.89. The Labute approximate surface area is 182 Å². The van der Waals surface area contributed by atoms with Crippen LogP contribution in [0.1, 0.15) is 39.0 Å². The maximum atomic E-state index is 14.2. The highest BCUT2D eigenvalue weighted by molar-refractivity contribution is 5.75. The van der Waals surface area contributed by atoms with Crippen LogP contribution in [-0.4, -0.2) is 47.4 Å². The fraction of sp³-hybridized carbons (Fsp3) is 0.542. The van der Waals surface area contributed by atoms with Gasteiger partial charge in [0.15, 0.2) is 6.61 Å². The fourth-order valence-electron chi connectivity index (χ4n) is 3.74. The Morgan fingerprint density at radius 2 is 1.97 bits per heavy atom. The van der Waals surface area contributed by atoms with Crippen LogP contribution in [-0.2, 0) is 4.79 Å². The molecule has 0 aliphatic heterocycles. The van der Waals surface area contributed by atoms with Crippen LogP contribution in [0.5, 0.6) is 5.75 Å². The first-order chi connectivity index (χ1) is 14.8. The highest BCUT2D eigenvalue weighted by Gasteiger charge is 2.40. The maximum absolute atomic E-state index is 14.2. The van der Waals surface area contributed by atoms with Crippen molar-refractivity contribution in [2.45, 2.75) is 57.2 Å². The molecule has 1 aliphatic carbocycles. The lowest BCUT2D eigenvalue weighted by Gasteiger charge is -2.20. The summed E-state index contributed by atoms with van der Waals surface area (Å²) < 4.78 is 33.6. The van der Waals surface area contributed by atoms with Crippen LogP contribution in [0.4, 0.5) is 8.78 Å². The van der Waals surface area contributed by atoms with Crippen molar-refractivity contribution in [1.29, 1.82) is 0 Å². The zero-order valence-corrected chi connectivity index (χ0v) is 17.9. The third kappa shape index (κ3) is 8.79. The molecule has 0 heterocycles. The molecule has 1 aromatic rings. The van der Waals surface area contributed by atoms with E-state index in [1.54, 1.807) is 30.3 Å². The Bertz CT molecular complexity index is 724. The van der Waals surface area contributed by atoms with Crippen LogP contribution in [0, 0.1) is 11.8 Å². The second kappa shape index (κ2) is 12.6. The number of rotatable bonds is 12. The molecule has 0 bridgehead atoms. The summed E-state index contributed by atoms with van der Waals surface area (Å²) in [5.74, 6) is -3.70. The molecule has 2 rings (SSSR count). The zero-order valence-electron chi connectivity index (χ0n) is 17.9. The number of carbonyl (C=O) groups excluding carboxylic acids is 1. The predicted molar refractivity (Wildman–Crippen MR) is 116 cm³/mol. The SMILES string of the molecule is CCNC(=O)CCCC=CC[C@@H]1[C@@H](C=CC(F)(F)COc2ccccc2)[C@H](O)C[C@@H]1O. The smallest absolute Gasteiger partial charge is 0.299 e. The maximum Gasteiger partial charge on any atom is 0.299 e. The first kappa shape index (κ1) is 25.0. The van der Waals surface area contributed by atoms with Gasteiger partial charge in [0.2, 0.25) is 5.91 Å². The fourth-order valence-corrected chi connectivity index (χ4v) is 3.74. The van der Waals surface area contributed by atoms with Gasteiger partial charge in [0.1, 0.15) is 5.75 Å². The van der Waals surface area contributed by atoms with E-state index >= 15 is 0 Å². The zero-order chi connectivity index (χ0) is 22.7. The number of allylic oxidation sites excluding steroid dienone is 2. The average molecular weight is 438 g/mol. The molecule has 0 radical (unpaired) electrons. The molecule has 1 saturated carbocycles. The van der Waals surface area contributed by atoms with Crippen LogP contribution < -0.4 is 10.1 Å². The molecule has 4 atom stereocenters. The molecular weight excluding hydrogens is 404 g/mol. The Morgan fingerprint density at radius 1 is 1.23 bits per heavy atom. The number of ether oxygens (including phenoxy) is 1. The average Bonchev–Trinajstić information content (AvgIpc) is 3.01. The van der Waals surface area contributed by atoms with Crippen LogP contribution in [0.3, 0.4) is 0 Å². The van der Waals surface area contributed by atoms with Crippen LogP contribution >= 0.6 is 0 Å². The molecule has 1 aliphatic rings. The van der Waals surface area contributed by atoms with E-state index in [1.807, 2.05) is 19.1 Å². The molecule has 172 valence electrons. The number of aliphatic hydroxyl groups is 2. The van der Waals surface area contributed by atoms with Gasteiger partial charge in [-0.25, -0.2) is 0 Å². The summed E-state index contributed by atoms with van der Waals surface area (Å²) in [6, 6.07) is 8.40. The van der Waals surface area contributed by atoms with E-state index in [-0.39, 0.29) is 18.2 Å². The number of alkyl halides is 2. The van der Waals surface area contributed by atoms with Gasteiger partial charge >= 0.3 is 0 Å². The summed E-state index contributed by atoms with van der Waals surface area (Å²) in [4.78, 5) is 11.4. The molecule has 3 N–H and O–H groups in total. The number of carbonyl (C=O) groups is 1. The number of aliphatic hydroxyl groups excluding tert-OH is 2. The second-order valence-electron chi connectivity index (χ2n) is 7.89. The lowest BCUT2D eigenvalue weighted by molar-refractivity contribution is -0.121. The van der Waals surface area contributed by atoms with Gasteiger partial charge in [0, 0.05) is 25.3 Å². The Hall–Kier alpha value is -2.25. The number of benzene rings is 1. The summed E-state index contributed by atoms with van der Waals surface area (Å²) >= 11 is 0. The quantitative estimate of drug-likeness (QED) is 0.343. The summed E-state index contributed by atoms with van der Waals surface area (Å²) in [5, 5.41) is 23.2. The van der Waals surface area contributed by atoms with Crippen molar-refractivity contribution in [3.05, 3.63) is 54.6 Å². The molecule has 0 spiro atoms. The molecular formula is C24H33F2NO4. The summed E-state index contributed by atoms with van der Waals surface area (Å²) in [7, 11) is 0. The van der Waals surface area contributed by atoms with Gasteiger partial charge in [-0.15, -0.1) is 0 Å². The molecule has 0 unspecified atom stereocenters. The third-order valence-corrected chi connectivity index (χ3v) is 5.38. The minimum Gasteiger partial charge on any atom is -0.487 e. The lowest BCUT2D eigenvalue weighted by Crippen LogP contribution is -2.25. The largest absolute Gasteiger partial charge is 0.487 e. The van der Waals surface area contributed by atoms with E-state index < -0.39 is 30.7 Å². The minimum absolute atomic E-state index is 0.0209. The monoisotopic (exact) mass is 437 g/mol. The second-order valence-corrected chi connectivity index (χ2v) is 7.89. The predicted octanol–water partition coefficient (Wildman–Crippen LogP) is 3.87. The van der Waals surface area contributed by atoms with Gasteiger partial charge < -0.3 is 20.3 Å².